The molecule has 2 atom stereocenters. The van der Waals surface area contributed by atoms with Crippen LogP contribution in [-0.4, -0.2) is 25.8 Å². The van der Waals surface area contributed by atoms with Crippen molar-refractivity contribution in [3.8, 4) is 0 Å². The summed E-state index contributed by atoms with van der Waals surface area (Å²) >= 11 is 0. The van der Waals surface area contributed by atoms with Gasteiger partial charge in [0.1, 0.15) is 0 Å². The lowest BCUT2D eigenvalue weighted by atomic mass is 9.90. The highest BCUT2D eigenvalue weighted by molar-refractivity contribution is 4.79. The first-order valence-corrected chi connectivity index (χ1v) is 7.69. The molecule has 0 bridgehead atoms. The highest BCUT2D eigenvalue weighted by Crippen LogP contribution is 2.26. The van der Waals surface area contributed by atoms with E-state index in [1.54, 1.807) is 0 Å². The van der Waals surface area contributed by atoms with E-state index in [2.05, 4.69) is 12.4 Å². The molecule has 0 aromatic heterocycles. The third-order valence-corrected chi connectivity index (χ3v) is 4.59. The van der Waals surface area contributed by atoms with Crippen LogP contribution in [0.2, 0.25) is 0 Å². The Morgan fingerprint density at radius 3 is 2.24 bits per heavy atom. The van der Waals surface area contributed by atoms with Crippen LogP contribution in [-0.2, 0) is 4.74 Å². The van der Waals surface area contributed by atoms with E-state index in [-0.39, 0.29) is 0 Å². The second-order valence-corrected chi connectivity index (χ2v) is 5.91. The average Bonchev–Trinajstić information content (AvgIpc) is 2.62. The molecule has 0 heterocycles. The van der Waals surface area contributed by atoms with Crippen molar-refractivity contribution < 1.29 is 4.74 Å². The quantitative estimate of drug-likeness (QED) is 0.758. The largest absolute Gasteiger partial charge is 0.376 e. The summed E-state index contributed by atoms with van der Waals surface area (Å²) in [5.41, 5.74) is 0. The summed E-state index contributed by atoms with van der Waals surface area (Å²) in [6.07, 6.45) is 14.2. The van der Waals surface area contributed by atoms with Crippen molar-refractivity contribution in [2.75, 3.05) is 13.7 Å². The molecule has 2 saturated carbocycles. The molecule has 1 N–H and O–H groups in total. The first-order valence-electron chi connectivity index (χ1n) is 7.69. The zero-order chi connectivity index (χ0) is 11.9. The Kier molecular flexibility index (Phi) is 5.79. The number of rotatable bonds is 4. The fourth-order valence-corrected chi connectivity index (χ4v) is 3.42. The van der Waals surface area contributed by atoms with Crippen molar-refractivity contribution in [3.63, 3.8) is 0 Å². The number of likely N-dealkylation sites (N-methyl/N-ethyl adjacent to an activating group) is 1. The molecule has 2 nitrogen and oxygen atoms in total. The van der Waals surface area contributed by atoms with Gasteiger partial charge in [-0.25, -0.2) is 0 Å². The lowest BCUT2D eigenvalue weighted by Crippen LogP contribution is -2.39. The van der Waals surface area contributed by atoms with E-state index < -0.39 is 0 Å². The summed E-state index contributed by atoms with van der Waals surface area (Å²) in [7, 11) is 2.09. The molecule has 0 aliphatic heterocycles. The molecule has 2 fully saturated rings. The molecule has 100 valence electrons. The molecule has 17 heavy (non-hydrogen) atoms. The van der Waals surface area contributed by atoms with Crippen LogP contribution in [0, 0.1) is 5.92 Å². The van der Waals surface area contributed by atoms with Crippen LogP contribution in [0.3, 0.4) is 0 Å². The zero-order valence-corrected chi connectivity index (χ0v) is 11.4. The van der Waals surface area contributed by atoms with Gasteiger partial charge in [-0.15, -0.1) is 0 Å². The van der Waals surface area contributed by atoms with Crippen molar-refractivity contribution in [3.05, 3.63) is 0 Å². The van der Waals surface area contributed by atoms with Gasteiger partial charge >= 0.3 is 0 Å². The maximum absolute atomic E-state index is 6.24. The van der Waals surface area contributed by atoms with Crippen molar-refractivity contribution in [1.29, 1.82) is 0 Å². The molecule has 0 spiro atoms. The Hall–Kier alpha value is -0.0800. The van der Waals surface area contributed by atoms with E-state index in [1.807, 2.05) is 0 Å². The molecule has 2 unspecified atom stereocenters. The van der Waals surface area contributed by atoms with Crippen LogP contribution in [0.15, 0.2) is 0 Å². The monoisotopic (exact) mass is 239 g/mol. The van der Waals surface area contributed by atoms with E-state index in [4.69, 9.17) is 4.74 Å². The third-order valence-electron chi connectivity index (χ3n) is 4.59. The van der Waals surface area contributed by atoms with Gasteiger partial charge in [0.05, 0.1) is 6.10 Å². The van der Waals surface area contributed by atoms with Gasteiger partial charge in [0.25, 0.3) is 0 Å². The minimum Gasteiger partial charge on any atom is -0.376 e. The molecule has 2 rings (SSSR count). The summed E-state index contributed by atoms with van der Waals surface area (Å²) in [4.78, 5) is 0. The topological polar surface area (TPSA) is 21.3 Å². The van der Waals surface area contributed by atoms with Gasteiger partial charge in [-0.3, -0.25) is 0 Å². The summed E-state index contributed by atoms with van der Waals surface area (Å²) < 4.78 is 6.24. The van der Waals surface area contributed by atoms with Gasteiger partial charge in [0.15, 0.2) is 0 Å². The van der Waals surface area contributed by atoms with Crippen molar-refractivity contribution >= 4 is 0 Å². The average molecular weight is 239 g/mol. The second kappa shape index (κ2) is 7.38. The first-order chi connectivity index (χ1) is 8.40. The second-order valence-electron chi connectivity index (χ2n) is 5.91. The molecule has 0 aromatic rings. The number of ether oxygens (including phenoxy) is 1. The lowest BCUT2D eigenvalue weighted by molar-refractivity contribution is -0.00266. The van der Waals surface area contributed by atoms with E-state index >= 15 is 0 Å². The van der Waals surface area contributed by atoms with Crippen molar-refractivity contribution in [2.45, 2.75) is 76.4 Å². The van der Waals surface area contributed by atoms with Gasteiger partial charge in [-0.1, -0.05) is 38.5 Å². The maximum atomic E-state index is 6.24. The summed E-state index contributed by atoms with van der Waals surface area (Å²) in [6, 6.07) is 0.598. The number of hydrogen-bond donors (Lipinski definition) is 1. The molecule has 2 aliphatic carbocycles. The zero-order valence-electron chi connectivity index (χ0n) is 11.4. The van der Waals surface area contributed by atoms with Gasteiger partial charge in [-0.2, -0.15) is 0 Å². The fraction of sp³-hybridized carbons (Fsp3) is 1.00. The third kappa shape index (κ3) is 4.26. The highest BCUT2D eigenvalue weighted by Gasteiger charge is 2.24. The van der Waals surface area contributed by atoms with Crippen LogP contribution in [0.5, 0.6) is 0 Å². The summed E-state index contributed by atoms with van der Waals surface area (Å²) in [5.74, 6) is 0.851. The van der Waals surface area contributed by atoms with Crippen LogP contribution in [0.25, 0.3) is 0 Å². The minimum absolute atomic E-state index is 0.476. The Morgan fingerprint density at radius 2 is 1.53 bits per heavy atom. The normalized spacial score (nSPS) is 32.3. The summed E-state index contributed by atoms with van der Waals surface area (Å²) in [6.45, 7) is 1.02. The highest BCUT2D eigenvalue weighted by atomic mass is 16.5. The van der Waals surface area contributed by atoms with Gasteiger partial charge in [-0.05, 0) is 38.6 Å². The molecule has 0 radical (unpaired) electrons. The van der Waals surface area contributed by atoms with Crippen LogP contribution >= 0.6 is 0 Å². The molecular formula is C15H29NO. The maximum Gasteiger partial charge on any atom is 0.0728 e. The van der Waals surface area contributed by atoms with Crippen molar-refractivity contribution in [2.24, 2.45) is 5.92 Å². The molecule has 2 heteroatoms. The number of hydrogen-bond acceptors (Lipinski definition) is 2. The Labute approximate surface area is 107 Å². The SMILES string of the molecule is CNC1CCCCCC1OCC1CCCCC1. The molecule has 2 aliphatic rings. The van der Waals surface area contributed by atoms with E-state index in [0.717, 1.165) is 12.5 Å². The standard InChI is InChI=1S/C15H29NO/c1-16-14-10-6-3-7-11-15(14)17-12-13-8-4-2-5-9-13/h13-16H,2-12H2,1H3. The predicted octanol–water partition coefficient (Wildman–Crippen LogP) is 3.50. The van der Waals surface area contributed by atoms with Crippen LogP contribution < -0.4 is 5.32 Å². The Bertz CT molecular complexity index is 201. The fourth-order valence-electron chi connectivity index (χ4n) is 3.42. The van der Waals surface area contributed by atoms with E-state index in [9.17, 15) is 0 Å². The van der Waals surface area contributed by atoms with E-state index in [0.29, 0.717) is 12.1 Å². The Morgan fingerprint density at radius 1 is 0.882 bits per heavy atom. The van der Waals surface area contributed by atoms with Crippen molar-refractivity contribution in [1.82, 2.24) is 5.32 Å². The molecular weight excluding hydrogens is 210 g/mol. The lowest BCUT2D eigenvalue weighted by Gasteiger charge is -2.28. The molecule has 0 amide bonds. The molecule has 0 aromatic carbocycles. The predicted molar refractivity (Wildman–Crippen MR) is 72.2 cm³/mol. The first kappa shape index (κ1) is 13.4. The minimum atomic E-state index is 0.476. The van der Waals surface area contributed by atoms with Gasteiger partial charge < -0.3 is 10.1 Å². The van der Waals surface area contributed by atoms with Gasteiger partial charge in [0.2, 0.25) is 0 Å². The smallest absolute Gasteiger partial charge is 0.0728 e. The number of nitrogens with one attached hydrogen (secondary N) is 1. The molecule has 0 saturated heterocycles. The Balaban J connectivity index is 1.74. The van der Waals surface area contributed by atoms with E-state index in [1.165, 1.54) is 64.2 Å². The van der Waals surface area contributed by atoms with Crippen LogP contribution in [0.4, 0.5) is 0 Å². The van der Waals surface area contributed by atoms with Gasteiger partial charge in [0, 0.05) is 12.6 Å². The summed E-state index contributed by atoms with van der Waals surface area (Å²) in [5, 5.41) is 3.46. The van der Waals surface area contributed by atoms with Crippen LogP contribution in [0.1, 0.15) is 64.2 Å².